The molecule has 0 heterocycles. The molecule has 0 radical (unpaired) electrons. The Morgan fingerprint density at radius 1 is 1.00 bits per heavy atom. The molecule has 11 N–H and O–H groups in total. The van der Waals surface area contributed by atoms with Crippen molar-refractivity contribution in [1.82, 2.24) is 0 Å². The van der Waals surface area contributed by atoms with Crippen molar-refractivity contribution in [3.05, 3.63) is 10.1 Å². The van der Waals surface area contributed by atoms with Crippen LogP contribution in [0.5, 0.6) is 0 Å². The van der Waals surface area contributed by atoms with Crippen molar-refractivity contribution in [3.8, 4) is 0 Å². The Hall–Kier alpha value is -0.312. The molecule has 0 amide bonds. The summed E-state index contributed by atoms with van der Waals surface area (Å²) < 4.78 is 0. The molecule has 0 aliphatic carbocycles. The summed E-state index contributed by atoms with van der Waals surface area (Å²) in [4.78, 5) is 8.36. The van der Waals surface area contributed by atoms with Crippen molar-refractivity contribution in [3.63, 3.8) is 0 Å². The van der Waals surface area contributed by atoms with Gasteiger partial charge in [-0.1, -0.05) is 0 Å². The zero-order valence-corrected chi connectivity index (χ0v) is 6.80. The van der Waals surface area contributed by atoms with E-state index in [2.05, 4.69) is 0 Å². The molecule has 0 aromatic heterocycles. The average molecular weight is 348 g/mol. The third-order valence-corrected chi connectivity index (χ3v) is 0. The Morgan fingerprint density at radius 2 is 1.00 bits per heavy atom. The van der Waals surface area contributed by atoms with Crippen molar-refractivity contribution in [2.24, 2.45) is 0 Å². The maximum Gasteiger partial charge on any atom is 0.291 e. The average Bonchev–Trinajstić information content (AvgIpc) is 0.811. The first kappa shape index (κ1) is 101. The monoisotopic (exact) mass is 348 g/mol. The van der Waals surface area contributed by atoms with Crippen molar-refractivity contribution in [1.29, 1.82) is 0 Å². The van der Waals surface area contributed by atoms with Crippen LogP contribution in [0.25, 0.3) is 0 Å². The molecule has 0 atom stereocenters. The number of hydrogen-bond acceptors (Lipinski definition) is 2. The van der Waals surface area contributed by atoms with Crippen LogP contribution in [0.2, 0.25) is 0 Å². The predicted octanol–water partition coefficient (Wildman–Crippen LogP) is -4.47. The van der Waals surface area contributed by atoms with E-state index >= 15 is 0 Å². The van der Waals surface area contributed by atoms with Gasteiger partial charge in [0.2, 0.25) is 0 Å². The first-order valence-corrected chi connectivity index (χ1v) is 0.565. The maximum atomic E-state index is 8.36. The topological polar surface area (TPSA) is 221 Å². The van der Waals surface area contributed by atoms with Crippen molar-refractivity contribution in [2.75, 3.05) is 0 Å². The van der Waals surface area contributed by atoms with Gasteiger partial charge in [0.15, 0.2) is 0 Å². The van der Waals surface area contributed by atoms with Crippen molar-refractivity contribution >= 4 is 0 Å². The van der Waals surface area contributed by atoms with Gasteiger partial charge >= 0.3 is 0 Å². The molecule has 0 aromatic rings. The van der Waals surface area contributed by atoms with Gasteiger partial charge in [-0.3, -0.25) is 0 Å². The summed E-state index contributed by atoms with van der Waals surface area (Å²) in [6, 6.07) is 0. The van der Waals surface area contributed by atoms with E-state index in [4.69, 9.17) is 15.3 Å². The summed E-state index contributed by atoms with van der Waals surface area (Å²) >= 11 is 0. The van der Waals surface area contributed by atoms with E-state index in [9.17, 15) is 0 Å². The van der Waals surface area contributed by atoms with Crippen LogP contribution < -0.4 is 0 Å². The SMILES string of the molecule is O.O.O.O.O.O=[N+]([O-])O.[Pt]. The third-order valence-electron chi connectivity index (χ3n) is 0. The summed E-state index contributed by atoms with van der Waals surface area (Å²) in [5, 5.41) is 13.6. The van der Waals surface area contributed by atoms with Gasteiger partial charge in [0.1, 0.15) is 0 Å². The molecule has 0 fully saturated rings. The van der Waals surface area contributed by atoms with Crippen LogP contribution in [-0.2, 0) is 21.1 Å². The molecule has 0 unspecified atom stereocenters. The summed E-state index contributed by atoms with van der Waals surface area (Å²) in [6.45, 7) is 0. The van der Waals surface area contributed by atoms with Gasteiger partial charge in [0.05, 0.1) is 0 Å². The van der Waals surface area contributed by atoms with Crippen LogP contribution in [0.15, 0.2) is 0 Å². The van der Waals surface area contributed by atoms with Crippen LogP contribution >= 0.6 is 0 Å². The minimum Gasteiger partial charge on any atom is -0.412 e. The molecular formula is H11NO8Pt. The fourth-order valence-electron chi connectivity index (χ4n) is 0. The van der Waals surface area contributed by atoms with Crippen LogP contribution in [-0.4, -0.2) is 37.7 Å². The molecule has 0 rings (SSSR count). The molecule has 10 heteroatoms. The van der Waals surface area contributed by atoms with Crippen LogP contribution in [0.1, 0.15) is 0 Å². The predicted molar refractivity (Wildman–Crippen MR) is 26.8 cm³/mol. The van der Waals surface area contributed by atoms with Gasteiger partial charge in [-0.2, -0.15) is 0 Å². The molecule has 0 saturated carbocycles. The fourth-order valence-corrected chi connectivity index (χ4v) is 0. The van der Waals surface area contributed by atoms with Gasteiger partial charge in [0.25, 0.3) is 5.09 Å². The second-order valence-corrected chi connectivity index (χ2v) is 0.238. The smallest absolute Gasteiger partial charge is 0.291 e. The molecule has 74 valence electrons. The Balaban J connectivity index is -0.00000000300. The molecule has 0 spiro atoms. The minimum atomic E-state index is -1.50. The molecule has 0 bridgehead atoms. The van der Waals surface area contributed by atoms with E-state index in [1.807, 2.05) is 0 Å². The van der Waals surface area contributed by atoms with Gasteiger partial charge in [0, 0.05) is 21.1 Å². The van der Waals surface area contributed by atoms with E-state index in [1.54, 1.807) is 0 Å². The number of nitrogens with zero attached hydrogens (tertiary/aromatic N) is 1. The van der Waals surface area contributed by atoms with Crippen LogP contribution in [0.4, 0.5) is 0 Å². The third kappa shape index (κ3) is 3540. The van der Waals surface area contributed by atoms with E-state index in [1.165, 1.54) is 0 Å². The van der Waals surface area contributed by atoms with E-state index < -0.39 is 5.09 Å². The molecule has 9 nitrogen and oxygen atoms in total. The second kappa shape index (κ2) is 71.1. The number of hydrogen-bond donors (Lipinski definition) is 1. The first-order chi connectivity index (χ1) is 1.73. The van der Waals surface area contributed by atoms with Crippen molar-refractivity contribution in [2.45, 2.75) is 0 Å². The van der Waals surface area contributed by atoms with E-state index in [0.29, 0.717) is 0 Å². The standard InChI is InChI=1S/HNO3.5H2O.Pt/c2-1(3)4;;;;;;/h(H,2,3,4);5*1H2;. The van der Waals surface area contributed by atoms with Crippen molar-refractivity contribution < 1.29 is 58.7 Å². The summed E-state index contributed by atoms with van der Waals surface area (Å²) in [6.07, 6.45) is 0. The van der Waals surface area contributed by atoms with Crippen LogP contribution in [0, 0.1) is 10.1 Å². The normalized spacial score (nSPS) is 2.40. The maximum absolute atomic E-state index is 8.36. The zero-order valence-electron chi connectivity index (χ0n) is 4.53. The first-order valence-electron chi connectivity index (χ1n) is 0.565. The fraction of sp³-hybridized carbons (Fsp3) is 0. The summed E-state index contributed by atoms with van der Waals surface area (Å²) in [7, 11) is 0. The van der Waals surface area contributed by atoms with Gasteiger partial charge in [-0.25, -0.2) is 0 Å². The molecular weight excluding hydrogens is 337 g/mol. The van der Waals surface area contributed by atoms with Gasteiger partial charge in [-0.05, 0) is 0 Å². The number of rotatable bonds is 0. The van der Waals surface area contributed by atoms with Gasteiger partial charge < -0.3 is 32.6 Å². The Morgan fingerprint density at radius 3 is 1.00 bits per heavy atom. The molecule has 0 aliphatic rings. The Kier molecular flexibility index (Phi) is 719. The molecule has 0 aromatic carbocycles. The Bertz CT molecular complexity index is 32.2. The minimum absolute atomic E-state index is 0. The van der Waals surface area contributed by atoms with E-state index in [-0.39, 0.29) is 48.4 Å². The van der Waals surface area contributed by atoms with Crippen LogP contribution in [0.3, 0.4) is 0 Å². The van der Waals surface area contributed by atoms with E-state index in [0.717, 1.165) is 0 Å². The zero-order chi connectivity index (χ0) is 3.58. The second-order valence-electron chi connectivity index (χ2n) is 0.238. The van der Waals surface area contributed by atoms with Gasteiger partial charge in [-0.15, -0.1) is 10.1 Å². The molecule has 0 aliphatic heterocycles. The Labute approximate surface area is 69.6 Å². The largest absolute Gasteiger partial charge is 0.412 e. The summed E-state index contributed by atoms with van der Waals surface area (Å²) in [5.41, 5.74) is 0. The molecule has 0 saturated heterocycles. The summed E-state index contributed by atoms with van der Waals surface area (Å²) in [5.74, 6) is 0. The molecule has 10 heavy (non-hydrogen) atoms. The quantitative estimate of drug-likeness (QED) is 0.338.